The van der Waals surface area contributed by atoms with Gasteiger partial charge in [0.25, 0.3) is 0 Å². The number of hydrogen-bond acceptors (Lipinski definition) is 1. The normalized spacial score (nSPS) is 15.3. The minimum Gasteiger partial charge on any atom is -0.309 e. The predicted molar refractivity (Wildman–Crippen MR) is 196 cm³/mol. The average molecular weight is 601 g/mol. The van der Waals surface area contributed by atoms with Crippen LogP contribution < -0.4 is 0 Å². The van der Waals surface area contributed by atoms with Gasteiger partial charge in [0, 0.05) is 34.7 Å². The Morgan fingerprint density at radius 2 is 1.21 bits per heavy atom. The van der Waals surface area contributed by atoms with Gasteiger partial charge in [-0.25, -0.2) is 0 Å². The molecule has 1 unspecified atom stereocenters. The molecule has 1 aliphatic carbocycles. The third-order valence-corrected chi connectivity index (χ3v) is 9.75. The molecular formula is C45H32N2. The highest BCUT2D eigenvalue weighted by molar-refractivity contribution is 6.16. The van der Waals surface area contributed by atoms with Crippen molar-refractivity contribution >= 4 is 33.7 Å². The summed E-state index contributed by atoms with van der Waals surface area (Å²) in [6.07, 6.45) is 2.78. The van der Waals surface area contributed by atoms with Crippen LogP contribution in [0.4, 0.5) is 5.69 Å². The van der Waals surface area contributed by atoms with E-state index in [0.29, 0.717) is 0 Å². The summed E-state index contributed by atoms with van der Waals surface area (Å²) in [4.78, 5) is 4.74. The Morgan fingerprint density at radius 1 is 0.532 bits per heavy atom. The molecule has 0 fully saturated rings. The minimum atomic E-state index is -0.494. The van der Waals surface area contributed by atoms with Crippen molar-refractivity contribution in [3.63, 3.8) is 0 Å². The molecule has 0 saturated heterocycles. The van der Waals surface area contributed by atoms with Crippen LogP contribution in [0, 0.1) is 0 Å². The fourth-order valence-corrected chi connectivity index (χ4v) is 7.84. The highest BCUT2D eigenvalue weighted by Gasteiger charge is 2.47. The molecule has 1 atom stereocenters. The zero-order valence-electron chi connectivity index (χ0n) is 25.9. The summed E-state index contributed by atoms with van der Waals surface area (Å²) < 4.78 is 2.47. The summed E-state index contributed by atoms with van der Waals surface area (Å²) in [5, 5.41) is 2.54. The van der Waals surface area contributed by atoms with Gasteiger partial charge in [-0.1, -0.05) is 146 Å². The monoisotopic (exact) mass is 600 g/mol. The lowest BCUT2D eigenvalue weighted by Crippen LogP contribution is -2.28. The number of fused-ring (bicyclic) bond motifs is 7. The van der Waals surface area contributed by atoms with Gasteiger partial charge in [0.1, 0.15) is 0 Å². The maximum Gasteiger partial charge on any atom is 0.0714 e. The number of aromatic nitrogens is 1. The SMILES string of the molecule is C(Cc1cccc(C2(c3ccccc3)c3ccccc3-c3c2ccc2c4ccccc4n(-c4ccccc4)c32)c1)=Nc1ccccc1. The van der Waals surface area contributed by atoms with Gasteiger partial charge in [0.2, 0.25) is 0 Å². The first-order valence-corrected chi connectivity index (χ1v) is 16.3. The molecule has 0 spiro atoms. The van der Waals surface area contributed by atoms with Gasteiger partial charge in [0.05, 0.1) is 22.1 Å². The van der Waals surface area contributed by atoms with Gasteiger partial charge in [-0.3, -0.25) is 4.99 Å². The molecule has 0 bridgehead atoms. The Kier molecular flexibility index (Phi) is 6.46. The Balaban J connectivity index is 1.35. The lowest BCUT2D eigenvalue weighted by atomic mass is 9.67. The summed E-state index contributed by atoms with van der Waals surface area (Å²) in [6.45, 7) is 0. The first-order valence-electron chi connectivity index (χ1n) is 16.3. The molecule has 8 aromatic rings. The number of hydrogen-bond donors (Lipinski definition) is 0. The second-order valence-electron chi connectivity index (χ2n) is 12.3. The lowest BCUT2D eigenvalue weighted by molar-refractivity contribution is 0.767. The summed E-state index contributed by atoms with van der Waals surface area (Å²) >= 11 is 0. The molecule has 0 aliphatic heterocycles. The Morgan fingerprint density at radius 3 is 2.04 bits per heavy atom. The first kappa shape index (κ1) is 27.3. The van der Waals surface area contributed by atoms with E-state index in [9.17, 15) is 0 Å². The van der Waals surface area contributed by atoms with Crippen LogP contribution in [0.1, 0.15) is 27.8 Å². The summed E-state index contributed by atoms with van der Waals surface area (Å²) in [6, 6.07) is 63.8. The molecule has 2 heteroatoms. The fourth-order valence-electron chi connectivity index (χ4n) is 7.84. The van der Waals surface area contributed by atoms with Crippen molar-refractivity contribution in [2.45, 2.75) is 11.8 Å². The number of nitrogens with zero attached hydrogens (tertiary/aromatic N) is 2. The van der Waals surface area contributed by atoms with E-state index in [0.717, 1.165) is 12.1 Å². The molecule has 222 valence electrons. The van der Waals surface area contributed by atoms with Crippen LogP contribution in [0.25, 0.3) is 38.6 Å². The van der Waals surface area contributed by atoms with E-state index in [1.165, 1.54) is 66.4 Å². The van der Waals surface area contributed by atoms with Crippen LogP contribution in [0.15, 0.2) is 181 Å². The van der Waals surface area contributed by atoms with Gasteiger partial charge >= 0.3 is 0 Å². The minimum absolute atomic E-state index is 0.494. The third-order valence-electron chi connectivity index (χ3n) is 9.75. The molecule has 7 aromatic carbocycles. The van der Waals surface area contributed by atoms with Gasteiger partial charge in [-0.15, -0.1) is 0 Å². The third kappa shape index (κ3) is 4.22. The summed E-state index contributed by atoms with van der Waals surface area (Å²) in [5.74, 6) is 0. The molecule has 2 nitrogen and oxygen atoms in total. The number of rotatable bonds is 6. The molecule has 1 aromatic heterocycles. The molecule has 0 radical (unpaired) electrons. The fraction of sp³-hybridized carbons (Fsp3) is 0.0444. The van der Waals surface area contributed by atoms with E-state index in [4.69, 9.17) is 4.99 Å². The number of para-hydroxylation sites is 3. The maximum absolute atomic E-state index is 4.74. The largest absolute Gasteiger partial charge is 0.309 e. The van der Waals surface area contributed by atoms with E-state index >= 15 is 0 Å². The molecule has 0 amide bonds. The van der Waals surface area contributed by atoms with Crippen LogP contribution in [0.2, 0.25) is 0 Å². The van der Waals surface area contributed by atoms with E-state index in [2.05, 4.69) is 150 Å². The van der Waals surface area contributed by atoms with Crippen LogP contribution in [0.3, 0.4) is 0 Å². The topological polar surface area (TPSA) is 17.3 Å². The second-order valence-corrected chi connectivity index (χ2v) is 12.3. The van der Waals surface area contributed by atoms with Crippen LogP contribution in [0.5, 0.6) is 0 Å². The van der Waals surface area contributed by atoms with Crippen molar-refractivity contribution < 1.29 is 0 Å². The highest BCUT2D eigenvalue weighted by Crippen LogP contribution is 2.58. The Hall–Kier alpha value is -5.99. The van der Waals surface area contributed by atoms with Gasteiger partial charge < -0.3 is 4.57 Å². The van der Waals surface area contributed by atoms with E-state index in [-0.39, 0.29) is 0 Å². The van der Waals surface area contributed by atoms with E-state index < -0.39 is 5.41 Å². The average Bonchev–Trinajstić information content (AvgIpc) is 3.64. The van der Waals surface area contributed by atoms with Crippen LogP contribution in [-0.4, -0.2) is 10.8 Å². The quantitative estimate of drug-likeness (QED) is 0.169. The highest BCUT2D eigenvalue weighted by atomic mass is 15.0. The molecule has 9 rings (SSSR count). The standard InChI is InChI=1S/C45H32N2/c1-4-16-33(17-5-1)45(34-18-14-15-32(31-34)29-30-46-35-19-6-2-7-20-35)40-25-12-10-24-39(40)43-41(45)28-27-38-37-23-11-13-26-42(37)47(44(38)43)36-21-8-3-9-22-36/h1-28,30-31H,29H2. The van der Waals surface area contributed by atoms with E-state index in [1.54, 1.807) is 0 Å². The smallest absolute Gasteiger partial charge is 0.0714 e. The molecule has 1 heterocycles. The van der Waals surface area contributed by atoms with Crippen molar-refractivity contribution in [1.29, 1.82) is 0 Å². The van der Waals surface area contributed by atoms with Gasteiger partial charge in [0.15, 0.2) is 0 Å². The van der Waals surface area contributed by atoms with Crippen LogP contribution in [-0.2, 0) is 11.8 Å². The van der Waals surface area contributed by atoms with Crippen molar-refractivity contribution in [3.8, 4) is 16.8 Å². The zero-order chi connectivity index (χ0) is 31.2. The number of benzene rings is 7. The van der Waals surface area contributed by atoms with Crippen molar-refractivity contribution in [3.05, 3.63) is 204 Å². The maximum atomic E-state index is 4.74. The molecule has 0 N–H and O–H groups in total. The summed E-state index contributed by atoms with van der Waals surface area (Å²) in [7, 11) is 0. The number of aliphatic imine (C=N–C) groups is 1. The van der Waals surface area contributed by atoms with Gasteiger partial charge in [-0.05, 0) is 63.7 Å². The predicted octanol–water partition coefficient (Wildman–Crippen LogP) is 11.1. The van der Waals surface area contributed by atoms with Crippen molar-refractivity contribution in [2.75, 3.05) is 0 Å². The van der Waals surface area contributed by atoms with E-state index in [1.807, 2.05) is 36.5 Å². The molecule has 0 saturated carbocycles. The Bertz CT molecular complexity index is 2420. The van der Waals surface area contributed by atoms with Crippen molar-refractivity contribution in [1.82, 2.24) is 4.57 Å². The molecular weight excluding hydrogens is 569 g/mol. The van der Waals surface area contributed by atoms with Gasteiger partial charge in [-0.2, -0.15) is 0 Å². The molecule has 1 aliphatic rings. The summed E-state index contributed by atoms with van der Waals surface area (Å²) in [5.41, 5.74) is 13.1. The second kappa shape index (κ2) is 11.1. The first-order chi connectivity index (χ1) is 23.3. The van der Waals surface area contributed by atoms with Crippen molar-refractivity contribution in [2.24, 2.45) is 4.99 Å². The van der Waals surface area contributed by atoms with Crippen LogP contribution >= 0.6 is 0 Å². The molecule has 47 heavy (non-hydrogen) atoms. The lowest BCUT2D eigenvalue weighted by Gasteiger charge is -2.34. The zero-order valence-corrected chi connectivity index (χ0v) is 25.9. The Labute approximate surface area is 274 Å².